The molecule has 3 nitrogen and oxygen atoms in total. The molecule has 0 aliphatic rings. The van der Waals surface area contributed by atoms with Gasteiger partial charge in [-0.25, -0.2) is 0 Å². The lowest BCUT2D eigenvalue weighted by atomic mass is 10.2. The first-order chi connectivity index (χ1) is 6.67. The molecule has 14 heavy (non-hydrogen) atoms. The molecule has 1 rings (SSSR count). The number of nitrogens with one attached hydrogen (secondary N) is 1. The van der Waals surface area contributed by atoms with Gasteiger partial charge in [0.1, 0.15) is 0 Å². The Morgan fingerprint density at radius 2 is 2.29 bits per heavy atom. The van der Waals surface area contributed by atoms with Crippen molar-refractivity contribution in [1.82, 2.24) is 0 Å². The maximum atomic E-state index is 8.86. The SMILES string of the molecule is CC(CO)Nc1ccc(CN)cc1Cl. The molecule has 0 spiro atoms. The standard InChI is InChI=1S/C10H15ClN2O/c1-7(6-14)13-10-3-2-8(5-12)4-9(10)11/h2-4,7,13-14H,5-6,12H2,1H3. The van der Waals surface area contributed by atoms with Crippen LogP contribution in [0.5, 0.6) is 0 Å². The summed E-state index contributed by atoms with van der Waals surface area (Å²) in [5, 5.41) is 12.6. The molecule has 0 aromatic heterocycles. The lowest BCUT2D eigenvalue weighted by Crippen LogP contribution is -2.19. The van der Waals surface area contributed by atoms with Gasteiger partial charge in [-0.2, -0.15) is 0 Å². The van der Waals surface area contributed by atoms with Crippen LogP contribution in [0.15, 0.2) is 18.2 Å². The first-order valence-electron chi connectivity index (χ1n) is 4.53. The molecular formula is C10H15ClN2O. The highest BCUT2D eigenvalue weighted by molar-refractivity contribution is 6.33. The van der Waals surface area contributed by atoms with E-state index in [9.17, 15) is 0 Å². The monoisotopic (exact) mass is 214 g/mol. The van der Waals surface area contributed by atoms with Crippen LogP contribution in [0.4, 0.5) is 5.69 Å². The third-order valence-electron chi connectivity index (χ3n) is 1.94. The highest BCUT2D eigenvalue weighted by Gasteiger charge is 2.04. The predicted octanol–water partition coefficient (Wildman–Crippen LogP) is 1.59. The molecule has 4 heteroatoms. The lowest BCUT2D eigenvalue weighted by Gasteiger charge is -2.14. The van der Waals surface area contributed by atoms with Gasteiger partial charge in [-0.1, -0.05) is 17.7 Å². The average molecular weight is 215 g/mol. The van der Waals surface area contributed by atoms with Gasteiger partial charge in [0.05, 0.1) is 17.3 Å². The molecule has 1 aromatic rings. The van der Waals surface area contributed by atoms with E-state index in [-0.39, 0.29) is 12.6 Å². The number of nitrogens with two attached hydrogens (primary N) is 1. The number of anilines is 1. The van der Waals surface area contributed by atoms with Gasteiger partial charge in [0.2, 0.25) is 0 Å². The maximum Gasteiger partial charge on any atom is 0.0640 e. The van der Waals surface area contributed by atoms with E-state index in [4.69, 9.17) is 22.4 Å². The Balaban J connectivity index is 2.78. The molecule has 0 aliphatic carbocycles. The highest BCUT2D eigenvalue weighted by Crippen LogP contribution is 2.23. The van der Waals surface area contributed by atoms with Crippen molar-refractivity contribution < 1.29 is 5.11 Å². The van der Waals surface area contributed by atoms with Gasteiger partial charge in [0.25, 0.3) is 0 Å². The molecule has 1 atom stereocenters. The van der Waals surface area contributed by atoms with E-state index >= 15 is 0 Å². The first-order valence-corrected chi connectivity index (χ1v) is 4.91. The first kappa shape index (κ1) is 11.3. The number of rotatable bonds is 4. The van der Waals surface area contributed by atoms with E-state index in [1.165, 1.54) is 0 Å². The van der Waals surface area contributed by atoms with Gasteiger partial charge >= 0.3 is 0 Å². The lowest BCUT2D eigenvalue weighted by molar-refractivity contribution is 0.281. The molecule has 0 fully saturated rings. The summed E-state index contributed by atoms with van der Waals surface area (Å²) in [5.41, 5.74) is 7.30. The number of aliphatic hydroxyl groups is 1. The largest absolute Gasteiger partial charge is 0.394 e. The van der Waals surface area contributed by atoms with Crippen molar-refractivity contribution in [1.29, 1.82) is 0 Å². The predicted molar refractivity (Wildman–Crippen MR) is 59.5 cm³/mol. The molecule has 1 unspecified atom stereocenters. The number of hydrogen-bond donors (Lipinski definition) is 3. The minimum atomic E-state index is -0.00349. The van der Waals surface area contributed by atoms with Crippen molar-refractivity contribution in [3.8, 4) is 0 Å². The minimum absolute atomic E-state index is 0.00349. The Labute approximate surface area is 88.9 Å². The van der Waals surface area contributed by atoms with Crippen LogP contribution in [0, 0.1) is 0 Å². The fourth-order valence-corrected chi connectivity index (χ4v) is 1.37. The fourth-order valence-electron chi connectivity index (χ4n) is 1.11. The number of benzene rings is 1. The summed E-state index contributed by atoms with van der Waals surface area (Å²) < 4.78 is 0. The van der Waals surface area contributed by atoms with E-state index in [2.05, 4.69) is 5.32 Å². The van der Waals surface area contributed by atoms with Gasteiger partial charge in [-0.3, -0.25) is 0 Å². The van der Waals surface area contributed by atoms with Gasteiger partial charge in [-0.05, 0) is 24.6 Å². The van der Waals surface area contributed by atoms with Crippen molar-refractivity contribution >= 4 is 17.3 Å². The van der Waals surface area contributed by atoms with Gasteiger partial charge < -0.3 is 16.2 Å². The van der Waals surface area contributed by atoms with Crippen LogP contribution in [-0.4, -0.2) is 17.8 Å². The van der Waals surface area contributed by atoms with Gasteiger partial charge in [0.15, 0.2) is 0 Å². The second kappa shape index (κ2) is 5.20. The van der Waals surface area contributed by atoms with Crippen LogP contribution in [-0.2, 0) is 6.54 Å². The van der Waals surface area contributed by atoms with Crippen LogP contribution in [0.25, 0.3) is 0 Å². The molecule has 0 amide bonds. The fraction of sp³-hybridized carbons (Fsp3) is 0.400. The molecule has 0 aliphatic heterocycles. The third kappa shape index (κ3) is 2.87. The van der Waals surface area contributed by atoms with Crippen LogP contribution >= 0.6 is 11.6 Å². The summed E-state index contributed by atoms with van der Waals surface area (Å²) in [4.78, 5) is 0. The second-order valence-corrected chi connectivity index (χ2v) is 3.65. The maximum absolute atomic E-state index is 8.86. The Morgan fingerprint density at radius 3 is 2.79 bits per heavy atom. The zero-order valence-corrected chi connectivity index (χ0v) is 8.88. The smallest absolute Gasteiger partial charge is 0.0640 e. The van der Waals surface area contributed by atoms with E-state index < -0.39 is 0 Å². The van der Waals surface area contributed by atoms with Gasteiger partial charge in [-0.15, -0.1) is 0 Å². The van der Waals surface area contributed by atoms with Crippen molar-refractivity contribution in [2.45, 2.75) is 19.5 Å². The summed E-state index contributed by atoms with van der Waals surface area (Å²) in [7, 11) is 0. The topological polar surface area (TPSA) is 58.3 Å². The third-order valence-corrected chi connectivity index (χ3v) is 2.26. The molecule has 0 saturated heterocycles. The van der Waals surface area contributed by atoms with Crippen LogP contribution in [0.3, 0.4) is 0 Å². The Kier molecular flexibility index (Phi) is 4.20. The van der Waals surface area contributed by atoms with E-state index in [1.807, 2.05) is 25.1 Å². The van der Waals surface area contributed by atoms with E-state index in [1.54, 1.807) is 0 Å². The van der Waals surface area contributed by atoms with Gasteiger partial charge in [0, 0.05) is 12.6 Å². The summed E-state index contributed by atoms with van der Waals surface area (Å²) >= 11 is 6.01. The molecule has 0 bridgehead atoms. The van der Waals surface area contributed by atoms with Crippen molar-refractivity contribution in [2.24, 2.45) is 5.73 Å². The normalized spacial score (nSPS) is 12.6. The Morgan fingerprint density at radius 1 is 1.57 bits per heavy atom. The Bertz CT molecular complexity index is 304. The summed E-state index contributed by atoms with van der Waals surface area (Å²) in [6, 6.07) is 5.61. The second-order valence-electron chi connectivity index (χ2n) is 3.25. The number of aliphatic hydroxyl groups excluding tert-OH is 1. The zero-order valence-electron chi connectivity index (χ0n) is 8.13. The summed E-state index contributed by atoms with van der Waals surface area (Å²) in [6.07, 6.45) is 0. The molecule has 4 N–H and O–H groups in total. The van der Waals surface area contributed by atoms with E-state index in [0.29, 0.717) is 11.6 Å². The minimum Gasteiger partial charge on any atom is -0.394 e. The summed E-state index contributed by atoms with van der Waals surface area (Å²) in [5.74, 6) is 0. The molecule has 0 heterocycles. The molecule has 0 saturated carbocycles. The number of halogens is 1. The summed E-state index contributed by atoms with van der Waals surface area (Å²) in [6.45, 7) is 2.44. The van der Waals surface area contributed by atoms with Crippen LogP contribution < -0.4 is 11.1 Å². The van der Waals surface area contributed by atoms with Crippen LogP contribution in [0.1, 0.15) is 12.5 Å². The Hall–Kier alpha value is -0.770. The quantitative estimate of drug-likeness (QED) is 0.714. The number of hydrogen-bond acceptors (Lipinski definition) is 3. The zero-order chi connectivity index (χ0) is 10.6. The molecular weight excluding hydrogens is 200 g/mol. The van der Waals surface area contributed by atoms with Crippen molar-refractivity contribution in [3.63, 3.8) is 0 Å². The molecule has 1 aromatic carbocycles. The molecule has 78 valence electrons. The van der Waals surface area contributed by atoms with E-state index in [0.717, 1.165) is 11.3 Å². The highest BCUT2D eigenvalue weighted by atomic mass is 35.5. The van der Waals surface area contributed by atoms with Crippen molar-refractivity contribution in [2.75, 3.05) is 11.9 Å². The average Bonchev–Trinajstić information content (AvgIpc) is 2.20. The van der Waals surface area contributed by atoms with Crippen LogP contribution in [0.2, 0.25) is 5.02 Å². The molecule has 0 radical (unpaired) electrons. The van der Waals surface area contributed by atoms with Crippen molar-refractivity contribution in [3.05, 3.63) is 28.8 Å².